The lowest BCUT2D eigenvalue weighted by molar-refractivity contribution is -0.122. The van der Waals surface area contributed by atoms with Gasteiger partial charge in [0.1, 0.15) is 0 Å². The zero-order valence-electron chi connectivity index (χ0n) is 12.7. The number of anilines is 1. The Morgan fingerprint density at radius 1 is 1.26 bits per heavy atom. The summed E-state index contributed by atoms with van der Waals surface area (Å²) in [5, 5.41) is 11.7. The van der Waals surface area contributed by atoms with Gasteiger partial charge in [-0.05, 0) is 37.3 Å². The van der Waals surface area contributed by atoms with Crippen molar-refractivity contribution in [2.24, 2.45) is 0 Å². The Morgan fingerprint density at radius 2 is 2.04 bits per heavy atom. The maximum Gasteiger partial charge on any atom is 0.265 e. The molecule has 0 radical (unpaired) electrons. The molecule has 0 aliphatic heterocycles. The number of methoxy groups -OCH3 is 1. The maximum atomic E-state index is 12.2. The molecule has 6 heteroatoms. The van der Waals surface area contributed by atoms with Gasteiger partial charge in [-0.15, -0.1) is 0 Å². The Morgan fingerprint density at radius 3 is 2.70 bits per heavy atom. The molecule has 0 heterocycles. The minimum atomic E-state index is -0.726. The van der Waals surface area contributed by atoms with E-state index in [9.17, 15) is 4.79 Å². The molecule has 0 saturated heterocycles. The lowest BCUT2D eigenvalue weighted by Gasteiger charge is -2.17. The van der Waals surface area contributed by atoms with E-state index in [1.807, 2.05) is 18.2 Å². The van der Waals surface area contributed by atoms with Gasteiger partial charge in [0.25, 0.3) is 5.91 Å². The molecule has 1 amide bonds. The van der Waals surface area contributed by atoms with E-state index >= 15 is 0 Å². The van der Waals surface area contributed by atoms with E-state index in [0.29, 0.717) is 22.7 Å². The van der Waals surface area contributed by atoms with Crippen LogP contribution in [0.4, 0.5) is 5.69 Å². The van der Waals surface area contributed by atoms with Gasteiger partial charge in [-0.2, -0.15) is 5.26 Å². The number of benzene rings is 2. The summed E-state index contributed by atoms with van der Waals surface area (Å²) in [6.07, 6.45) is -0.726. The number of rotatable bonds is 5. The summed E-state index contributed by atoms with van der Waals surface area (Å²) in [5.74, 6) is 0.532. The van der Waals surface area contributed by atoms with Crippen molar-refractivity contribution in [2.75, 3.05) is 12.4 Å². The van der Waals surface area contributed by atoms with Crippen LogP contribution in [-0.4, -0.2) is 19.1 Å². The third-order valence-electron chi connectivity index (χ3n) is 3.06. The number of hydrogen-bond acceptors (Lipinski definition) is 4. The number of nitriles is 1. The Labute approximate surface area is 143 Å². The first-order chi connectivity index (χ1) is 11.0. The molecule has 0 spiro atoms. The van der Waals surface area contributed by atoms with Gasteiger partial charge in [-0.3, -0.25) is 4.79 Å². The van der Waals surface area contributed by atoms with E-state index < -0.39 is 6.10 Å². The number of ether oxygens (including phenoxy) is 2. The molecule has 0 aliphatic carbocycles. The standard InChI is InChI=1S/C17H15BrN2O3/c1-11(17(21)20-14-5-3-4-13(18)9-14)23-15-7-6-12(10-19)8-16(15)22-2/h3-9,11H,1-2H3,(H,20,21). The van der Waals surface area contributed by atoms with E-state index in [0.717, 1.165) is 4.47 Å². The van der Waals surface area contributed by atoms with Gasteiger partial charge in [0.2, 0.25) is 0 Å². The highest BCUT2D eigenvalue weighted by Gasteiger charge is 2.17. The highest BCUT2D eigenvalue weighted by atomic mass is 79.9. The second kappa shape index (κ2) is 7.65. The molecule has 0 aliphatic rings. The number of nitrogens with zero attached hydrogens (tertiary/aromatic N) is 1. The zero-order valence-corrected chi connectivity index (χ0v) is 14.3. The molecule has 2 aromatic rings. The van der Waals surface area contributed by atoms with Crippen molar-refractivity contribution in [3.63, 3.8) is 0 Å². The van der Waals surface area contributed by atoms with E-state index in [4.69, 9.17) is 14.7 Å². The lowest BCUT2D eigenvalue weighted by atomic mass is 10.2. The van der Waals surface area contributed by atoms with Crippen LogP contribution in [-0.2, 0) is 4.79 Å². The molecule has 0 fully saturated rings. The fraction of sp³-hybridized carbons (Fsp3) is 0.176. The smallest absolute Gasteiger partial charge is 0.265 e. The van der Waals surface area contributed by atoms with Crippen LogP contribution < -0.4 is 14.8 Å². The van der Waals surface area contributed by atoms with Crippen LogP contribution in [0, 0.1) is 11.3 Å². The monoisotopic (exact) mass is 374 g/mol. The quantitative estimate of drug-likeness (QED) is 0.865. The highest BCUT2D eigenvalue weighted by molar-refractivity contribution is 9.10. The van der Waals surface area contributed by atoms with Crippen LogP contribution >= 0.6 is 15.9 Å². The summed E-state index contributed by atoms with van der Waals surface area (Å²) in [6.45, 7) is 1.64. The van der Waals surface area contributed by atoms with E-state index in [2.05, 4.69) is 21.2 Å². The van der Waals surface area contributed by atoms with Crippen molar-refractivity contribution in [3.8, 4) is 17.6 Å². The molecule has 1 N–H and O–H groups in total. The summed E-state index contributed by atoms with van der Waals surface area (Å²) in [7, 11) is 1.48. The molecule has 5 nitrogen and oxygen atoms in total. The van der Waals surface area contributed by atoms with Crippen molar-refractivity contribution in [1.82, 2.24) is 0 Å². The highest BCUT2D eigenvalue weighted by Crippen LogP contribution is 2.29. The number of nitrogens with one attached hydrogen (secondary N) is 1. The molecule has 0 aromatic heterocycles. The maximum absolute atomic E-state index is 12.2. The molecule has 2 rings (SSSR count). The van der Waals surface area contributed by atoms with Gasteiger partial charge in [-0.25, -0.2) is 0 Å². The average Bonchev–Trinajstić information content (AvgIpc) is 2.55. The Bertz CT molecular complexity index is 756. The van der Waals surface area contributed by atoms with E-state index in [-0.39, 0.29) is 5.91 Å². The van der Waals surface area contributed by atoms with Crippen LogP contribution in [0.3, 0.4) is 0 Å². The van der Waals surface area contributed by atoms with Crippen molar-refractivity contribution in [1.29, 1.82) is 5.26 Å². The molecule has 1 unspecified atom stereocenters. The minimum absolute atomic E-state index is 0.283. The third-order valence-corrected chi connectivity index (χ3v) is 3.55. The zero-order chi connectivity index (χ0) is 16.8. The first-order valence-electron chi connectivity index (χ1n) is 6.84. The lowest BCUT2D eigenvalue weighted by Crippen LogP contribution is -2.30. The summed E-state index contributed by atoms with van der Waals surface area (Å²) >= 11 is 3.35. The first kappa shape index (κ1) is 16.8. The van der Waals surface area contributed by atoms with Crippen LogP contribution in [0.25, 0.3) is 0 Å². The molecule has 0 saturated carbocycles. The van der Waals surface area contributed by atoms with E-state index in [1.54, 1.807) is 37.3 Å². The Hall–Kier alpha value is -2.52. The fourth-order valence-electron chi connectivity index (χ4n) is 1.89. The van der Waals surface area contributed by atoms with Gasteiger partial charge in [0, 0.05) is 16.2 Å². The molecular weight excluding hydrogens is 360 g/mol. The van der Waals surface area contributed by atoms with Gasteiger partial charge in [0.05, 0.1) is 18.7 Å². The van der Waals surface area contributed by atoms with Gasteiger partial charge in [-0.1, -0.05) is 22.0 Å². The minimum Gasteiger partial charge on any atom is -0.493 e. The largest absolute Gasteiger partial charge is 0.493 e. The predicted molar refractivity (Wildman–Crippen MR) is 90.6 cm³/mol. The second-order valence-corrected chi connectivity index (χ2v) is 5.65. The van der Waals surface area contributed by atoms with Crippen LogP contribution in [0.1, 0.15) is 12.5 Å². The summed E-state index contributed by atoms with van der Waals surface area (Å²) in [4.78, 5) is 12.2. The average molecular weight is 375 g/mol. The second-order valence-electron chi connectivity index (χ2n) is 4.74. The molecular formula is C17H15BrN2O3. The van der Waals surface area contributed by atoms with Crippen molar-refractivity contribution in [2.45, 2.75) is 13.0 Å². The van der Waals surface area contributed by atoms with Crippen molar-refractivity contribution in [3.05, 3.63) is 52.5 Å². The van der Waals surface area contributed by atoms with E-state index in [1.165, 1.54) is 7.11 Å². The topological polar surface area (TPSA) is 71.3 Å². The number of halogens is 1. The van der Waals surface area contributed by atoms with Crippen molar-refractivity contribution >= 4 is 27.5 Å². The SMILES string of the molecule is COc1cc(C#N)ccc1OC(C)C(=O)Nc1cccc(Br)c1. The normalized spacial score (nSPS) is 11.2. The molecule has 1 atom stereocenters. The number of hydrogen-bond donors (Lipinski definition) is 1. The number of carbonyl (C=O) groups excluding carboxylic acids is 1. The number of carbonyl (C=O) groups is 1. The Kier molecular flexibility index (Phi) is 5.61. The van der Waals surface area contributed by atoms with Crippen LogP contribution in [0.15, 0.2) is 46.9 Å². The summed E-state index contributed by atoms with van der Waals surface area (Å²) < 4.78 is 11.7. The summed E-state index contributed by atoms with van der Waals surface area (Å²) in [6, 6.07) is 14.1. The summed E-state index contributed by atoms with van der Waals surface area (Å²) in [5.41, 5.74) is 1.13. The Balaban J connectivity index is 2.08. The first-order valence-corrected chi connectivity index (χ1v) is 7.64. The number of amides is 1. The van der Waals surface area contributed by atoms with Gasteiger partial charge in [0.15, 0.2) is 17.6 Å². The fourth-order valence-corrected chi connectivity index (χ4v) is 2.29. The molecule has 2 aromatic carbocycles. The predicted octanol–water partition coefficient (Wildman–Crippen LogP) is 3.74. The third kappa shape index (κ3) is 4.47. The van der Waals surface area contributed by atoms with Crippen LogP contribution in [0.5, 0.6) is 11.5 Å². The molecule has 23 heavy (non-hydrogen) atoms. The molecule has 0 bridgehead atoms. The molecule has 118 valence electrons. The van der Waals surface area contributed by atoms with Gasteiger partial charge >= 0.3 is 0 Å². The van der Waals surface area contributed by atoms with Crippen LogP contribution in [0.2, 0.25) is 0 Å². The van der Waals surface area contributed by atoms with Crippen molar-refractivity contribution < 1.29 is 14.3 Å². The van der Waals surface area contributed by atoms with Gasteiger partial charge < -0.3 is 14.8 Å².